The lowest BCUT2D eigenvalue weighted by Gasteiger charge is -1.97. The number of hydrogen-bond donors (Lipinski definition) is 0. The second-order valence-corrected chi connectivity index (χ2v) is 12.5. The summed E-state index contributed by atoms with van der Waals surface area (Å²) in [6.45, 7) is 14.3. The summed E-state index contributed by atoms with van der Waals surface area (Å²) in [5.41, 5.74) is 1.53. The standard InChI is InChI=1S/C27H13N9O2S4/c1-30-18(10-28)32-20-8-14(37-4)26(41-20)16-6-12-22-23(35-36(3)34-22)13-7-17(40-25(13)24(12)39-16)27-15(38-5)9-21(42-27)33-19(11-29)31-2/h6-9H,3-5H3. The highest BCUT2D eigenvalue weighted by molar-refractivity contribution is 7.33. The molecule has 0 saturated heterocycles. The zero-order chi connectivity index (χ0) is 29.5. The Morgan fingerprint density at radius 1 is 0.786 bits per heavy atom. The molecule has 0 radical (unpaired) electrons. The third kappa shape index (κ3) is 4.44. The molecule has 0 amide bonds. The smallest absolute Gasteiger partial charge is 0.350 e. The highest BCUT2D eigenvalue weighted by Gasteiger charge is 2.24. The average molecular weight is 624 g/mol. The van der Waals surface area contributed by atoms with Gasteiger partial charge in [-0.2, -0.15) is 15.0 Å². The fourth-order valence-electron chi connectivity index (χ4n) is 4.30. The van der Waals surface area contributed by atoms with Gasteiger partial charge in [0.25, 0.3) is 0 Å². The van der Waals surface area contributed by atoms with E-state index in [1.54, 1.807) is 73.0 Å². The van der Waals surface area contributed by atoms with Gasteiger partial charge in [-0.05, 0) is 12.1 Å². The van der Waals surface area contributed by atoms with Gasteiger partial charge < -0.3 is 19.2 Å². The molecule has 0 bridgehead atoms. The van der Waals surface area contributed by atoms with E-state index in [4.69, 9.17) is 33.1 Å². The molecule has 0 saturated carbocycles. The van der Waals surface area contributed by atoms with E-state index in [-0.39, 0.29) is 11.7 Å². The van der Waals surface area contributed by atoms with E-state index >= 15 is 0 Å². The van der Waals surface area contributed by atoms with E-state index in [1.165, 1.54) is 22.7 Å². The molecule has 0 N–H and O–H groups in total. The van der Waals surface area contributed by atoms with E-state index in [0.29, 0.717) is 21.5 Å². The predicted octanol–water partition coefficient (Wildman–Crippen LogP) is 7.82. The molecule has 6 aromatic rings. The number of ether oxygens (including phenoxy) is 2. The summed E-state index contributed by atoms with van der Waals surface area (Å²) >= 11 is 5.85. The monoisotopic (exact) mass is 623 g/mol. The van der Waals surface area contributed by atoms with E-state index in [1.807, 2.05) is 0 Å². The molecule has 11 nitrogen and oxygen atoms in total. The van der Waals surface area contributed by atoms with E-state index in [2.05, 4.69) is 42.0 Å². The number of rotatable bonds is 6. The van der Waals surface area contributed by atoms with Crippen LogP contribution in [0.15, 0.2) is 34.3 Å². The second-order valence-electron chi connectivity index (χ2n) is 8.38. The van der Waals surface area contributed by atoms with Crippen LogP contribution in [0, 0.1) is 35.8 Å². The first-order valence-corrected chi connectivity index (χ1v) is 15.0. The van der Waals surface area contributed by atoms with Crippen LogP contribution in [0.5, 0.6) is 11.5 Å². The number of fused-ring (bicyclic) bond motifs is 6. The maximum atomic E-state index is 9.15. The molecule has 0 unspecified atom stereocenters. The van der Waals surface area contributed by atoms with Crippen molar-refractivity contribution in [2.45, 2.75) is 0 Å². The number of nitriles is 2. The van der Waals surface area contributed by atoms with Crippen LogP contribution in [0.1, 0.15) is 0 Å². The molecule has 5 heterocycles. The maximum Gasteiger partial charge on any atom is 0.350 e. The molecule has 5 aromatic heterocycles. The molecular formula is C27H13N9O2S4. The molecule has 42 heavy (non-hydrogen) atoms. The Kier molecular flexibility index (Phi) is 6.87. The Bertz CT molecular complexity index is 2110. The fraction of sp³-hybridized carbons (Fsp3) is 0.111. The molecule has 6 rings (SSSR count). The number of hydrogen-bond acceptors (Lipinski definition) is 12. The summed E-state index contributed by atoms with van der Waals surface area (Å²) < 4.78 is 13.3. The first-order valence-electron chi connectivity index (χ1n) is 11.7. The van der Waals surface area contributed by atoms with E-state index < -0.39 is 0 Å². The number of methoxy groups -OCH3 is 2. The molecule has 0 aliphatic rings. The first kappa shape index (κ1) is 27.0. The average Bonchev–Trinajstić information content (AvgIpc) is 3.82. The van der Waals surface area contributed by atoms with Crippen LogP contribution in [-0.4, -0.2) is 40.9 Å². The van der Waals surface area contributed by atoms with E-state index in [9.17, 15) is 0 Å². The summed E-state index contributed by atoms with van der Waals surface area (Å²) in [4.78, 5) is 19.7. The molecule has 0 aliphatic carbocycles. The van der Waals surface area contributed by atoms with Crippen LogP contribution >= 0.6 is 45.3 Å². The molecule has 0 fully saturated rings. The fourth-order valence-corrected chi connectivity index (χ4v) is 8.99. The third-order valence-electron chi connectivity index (χ3n) is 6.00. The topological polar surface area (TPSA) is 130 Å². The van der Waals surface area contributed by atoms with Crippen molar-refractivity contribution < 1.29 is 9.47 Å². The van der Waals surface area contributed by atoms with Crippen LogP contribution < -0.4 is 9.47 Å². The minimum absolute atomic E-state index is 0.244. The zero-order valence-corrected chi connectivity index (χ0v) is 25.0. The van der Waals surface area contributed by atoms with Crippen molar-refractivity contribution in [2.24, 2.45) is 17.0 Å². The summed E-state index contributed by atoms with van der Waals surface area (Å²) in [5.74, 6) is 0.704. The molecular weight excluding hydrogens is 611 g/mol. The van der Waals surface area contributed by atoms with Gasteiger partial charge in [-0.1, -0.05) is 45.8 Å². The molecule has 0 atom stereocenters. The van der Waals surface area contributed by atoms with Crippen molar-refractivity contribution in [2.75, 3.05) is 14.2 Å². The predicted molar refractivity (Wildman–Crippen MR) is 168 cm³/mol. The SMILES string of the molecule is [C-]#[N+]C(C#N)=Nc1cc(OC)c(-c2cc3c4nn(C)nc4c4cc(-c5sc(N=C(C#N)[N+]#[C-])cc5OC)sc4c3s2)s1. The highest BCUT2D eigenvalue weighted by Crippen LogP contribution is 2.52. The summed E-state index contributed by atoms with van der Waals surface area (Å²) in [7, 11) is 4.93. The Labute approximate surface area is 253 Å². The van der Waals surface area contributed by atoms with Gasteiger partial charge in [0.05, 0.1) is 33.4 Å². The Morgan fingerprint density at radius 3 is 1.57 bits per heavy atom. The summed E-state index contributed by atoms with van der Waals surface area (Å²) in [5, 5.41) is 30.5. The maximum absolute atomic E-state index is 9.15. The number of benzene rings is 1. The number of aryl methyl sites for hydroxylation is 1. The van der Waals surface area contributed by atoms with Crippen molar-refractivity contribution in [1.82, 2.24) is 15.0 Å². The van der Waals surface area contributed by atoms with Gasteiger partial charge in [-0.3, -0.25) is 0 Å². The van der Waals surface area contributed by atoms with Gasteiger partial charge in [0.1, 0.15) is 34.7 Å². The van der Waals surface area contributed by atoms with Crippen LogP contribution in [0.4, 0.5) is 10.0 Å². The lowest BCUT2D eigenvalue weighted by Crippen LogP contribution is -1.90. The van der Waals surface area contributed by atoms with Crippen molar-refractivity contribution in [3.8, 4) is 43.1 Å². The molecule has 0 aliphatic heterocycles. The van der Waals surface area contributed by atoms with Crippen molar-refractivity contribution in [3.05, 3.63) is 47.1 Å². The van der Waals surface area contributed by atoms with Gasteiger partial charge in [0, 0.05) is 39.7 Å². The minimum atomic E-state index is -0.244. The molecule has 0 spiro atoms. The number of aromatic nitrogens is 3. The zero-order valence-electron chi connectivity index (χ0n) is 21.8. The molecule has 202 valence electrons. The summed E-state index contributed by atoms with van der Waals surface area (Å²) in [6.07, 6.45) is 0. The number of thiophene rings is 4. The van der Waals surface area contributed by atoms with Gasteiger partial charge in [0.2, 0.25) is 10.0 Å². The lowest BCUT2D eigenvalue weighted by molar-refractivity contribution is 0.418. The van der Waals surface area contributed by atoms with E-state index in [0.717, 1.165) is 50.7 Å². The van der Waals surface area contributed by atoms with Gasteiger partial charge >= 0.3 is 11.7 Å². The summed E-state index contributed by atoms with van der Waals surface area (Å²) in [6, 6.07) is 11.2. The normalized spacial score (nSPS) is 11.9. The minimum Gasteiger partial charge on any atom is -0.495 e. The quantitative estimate of drug-likeness (QED) is 0.106. The third-order valence-corrected chi connectivity index (χ3v) is 10.8. The largest absolute Gasteiger partial charge is 0.495 e. The number of amidine groups is 2. The second kappa shape index (κ2) is 10.7. The van der Waals surface area contributed by atoms with Crippen LogP contribution in [0.25, 0.3) is 60.4 Å². The van der Waals surface area contributed by atoms with Crippen molar-refractivity contribution >= 4 is 98.2 Å². The van der Waals surface area contributed by atoms with Crippen molar-refractivity contribution in [3.63, 3.8) is 0 Å². The van der Waals surface area contributed by atoms with Crippen LogP contribution in [0.2, 0.25) is 0 Å². The lowest BCUT2D eigenvalue weighted by atomic mass is 10.1. The Hall–Kier alpha value is -5.16. The van der Waals surface area contributed by atoms with Gasteiger partial charge in [0.15, 0.2) is 0 Å². The van der Waals surface area contributed by atoms with Gasteiger partial charge in [-0.25, -0.2) is 10.5 Å². The number of nitrogens with zero attached hydrogens (tertiary/aromatic N) is 9. The molecule has 15 heteroatoms. The Balaban J connectivity index is 1.58. The Morgan fingerprint density at radius 2 is 1.21 bits per heavy atom. The first-order chi connectivity index (χ1) is 20.4. The molecule has 1 aromatic carbocycles. The van der Waals surface area contributed by atoms with Crippen molar-refractivity contribution in [1.29, 1.82) is 10.5 Å². The van der Waals surface area contributed by atoms with Crippen LogP contribution in [-0.2, 0) is 7.05 Å². The van der Waals surface area contributed by atoms with Crippen LogP contribution in [0.3, 0.4) is 0 Å². The van der Waals surface area contributed by atoms with Gasteiger partial charge in [-0.15, -0.1) is 22.7 Å². The highest BCUT2D eigenvalue weighted by atomic mass is 32.1. The number of aliphatic imine (C=N–C) groups is 2.